The van der Waals surface area contributed by atoms with E-state index in [1.807, 2.05) is 22.9 Å². The van der Waals surface area contributed by atoms with Crippen LogP contribution in [0.5, 0.6) is 11.5 Å². The Balaban J connectivity index is 0.000000142. The number of ether oxygens (including phenoxy) is 2. The molecule has 6 nitrogen and oxygen atoms in total. The second kappa shape index (κ2) is 10.0. The van der Waals surface area contributed by atoms with Gasteiger partial charge in [-0.3, -0.25) is 0 Å². The van der Waals surface area contributed by atoms with Crippen LogP contribution in [0.1, 0.15) is 0 Å². The van der Waals surface area contributed by atoms with Crippen LogP contribution in [0.3, 0.4) is 0 Å². The molecule has 0 radical (unpaired) electrons. The summed E-state index contributed by atoms with van der Waals surface area (Å²) >= 11 is 10.8. The van der Waals surface area contributed by atoms with Gasteiger partial charge in [0.25, 0.3) is 0 Å². The maximum absolute atomic E-state index is 14.1. The molecule has 0 saturated carbocycles. The summed E-state index contributed by atoms with van der Waals surface area (Å²) in [5, 5.41) is 0. The molecular weight excluding hydrogens is 804 g/mol. The molecule has 34 heavy (non-hydrogen) atoms. The van der Waals surface area contributed by atoms with Crippen molar-refractivity contribution in [3.8, 4) is 34.3 Å². The maximum atomic E-state index is 14.1. The van der Waals surface area contributed by atoms with Crippen LogP contribution in [0, 0.1) is 19.0 Å². The van der Waals surface area contributed by atoms with Crippen molar-refractivity contribution < 1.29 is 18.3 Å². The Morgan fingerprint density at radius 2 is 1.44 bits per heavy atom. The van der Waals surface area contributed by atoms with Crippen molar-refractivity contribution in [3.63, 3.8) is 0 Å². The normalized spacial score (nSPS) is 13.6. The van der Waals surface area contributed by atoms with Gasteiger partial charge in [0.2, 0.25) is 0 Å². The molecule has 2 aromatic carbocycles. The number of fused-ring (bicyclic) bond motifs is 6. The molecule has 0 N–H and O–H groups in total. The average Bonchev–Trinajstić information content (AvgIpc) is 3.27. The highest BCUT2D eigenvalue weighted by molar-refractivity contribution is 14.1. The van der Waals surface area contributed by atoms with E-state index >= 15 is 0 Å². The zero-order valence-electron chi connectivity index (χ0n) is 17.2. The molecule has 0 bridgehead atoms. The Morgan fingerprint density at radius 1 is 0.853 bits per heavy atom. The van der Waals surface area contributed by atoms with E-state index in [1.54, 1.807) is 18.3 Å². The van der Waals surface area contributed by atoms with E-state index in [0.717, 1.165) is 19.1 Å². The molecule has 0 fully saturated rings. The van der Waals surface area contributed by atoms with Crippen molar-refractivity contribution in [2.45, 2.75) is 13.1 Å². The molecule has 0 aliphatic carbocycles. The minimum atomic E-state index is -0.367. The van der Waals surface area contributed by atoms with Crippen LogP contribution in [0.4, 0.5) is 8.78 Å². The molecule has 4 heterocycles. The summed E-state index contributed by atoms with van der Waals surface area (Å²) in [4.78, 5) is 8.73. The van der Waals surface area contributed by atoms with Crippen LogP contribution in [-0.2, 0) is 13.1 Å². The predicted octanol–water partition coefficient (Wildman–Crippen LogP) is 6.90. The van der Waals surface area contributed by atoms with Crippen molar-refractivity contribution in [3.05, 3.63) is 64.6 Å². The standard InChI is InChI=1S/C11H6BrFI2N2O.C11H8BrFN2O/c12-6-2-1-5-8(7(6)13)18-4-3-17-10(15)9(14)16-11(5)17;12-8-2-1-7-10(9(8)13)16-6-5-15-4-3-14-11(7)15/h1-2H,3-4H2;1-4H,5-6H2. The fraction of sp³-hybridized carbons (Fsp3) is 0.182. The fourth-order valence-electron chi connectivity index (χ4n) is 3.73. The van der Waals surface area contributed by atoms with Crippen molar-refractivity contribution in [1.29, 1.82) is 0 Å². The SMILES string of the molecule is Fc1c(Br)ccc2c1OCCn1c-2nc(I)c1I.Fc1c(Br)ccc2c1OCCn1ccnc1-2. The third kappa shape index (κ3) is 4.39. The van der Waals surface area contributed by atoms with Crippen LogP contribution in [0.15, 0.2) is 45.6 Å². The van der Waals surface area contributed by atoms with Crippen LogP contribution in [0.2, 0.25) is 0 Å². The minimum Gasteiger partial charge on any atom is -0.488 e. The Kier molecular flexibility index (Phi) is 7.19. The highest BCUT2D eigenvalue weighted by atomic mass is 127. The lowest BCUT2D eigenvalue weighted by atomic mass is 10.2. The fourth-order valence-corrected chi connectivity index (χ4v) is 5.47. The van der Waals surface area contributed by atoms with Crippen molar-refractivity contribution >= 4 is 77.0 Å². The first-order valence-electron chi connectivity index (χ1n) is 10.0. The van der Waals surface area contributed by atoms with Gasteiger partial charge in [-0.1, -0.05) is 0 Å². The molecule has 12 heteroatoms. The van der Waals surface area contributed by atoms with Gasteiger partial charge in [-0.25, -0.2) is 18.7 Å². The molecular formula is C22H14Br2F2I2N4O2. The topological polar surface area (TPSA) is 54.1 Å². The van der Waals surface area contributed by atoms with Crippen LogP contribution in [-0.4, -0.2) is 32.3 Å². The first-order chi connectivity index (χ1) is 16.4. The number of hydrogen-bond acceptors (Lipinski definition) is 4. The van der Waals surface area contributed by atoms with Crippen LogP contribution in [0.25, 0.3) is 22.8 Å². The Morgan fingerprint density at radius 3 is 2.09 bits per heavy atom. The largest absolute Gasteiger partial charge is 0.488 e. The number of benzene rings is 2. The van der Waals surface area contributed by atoms with Crippen LogP contribution >= 0.6 is 77.0 Å². The second-order valence-corrected chi connectivity index (χ2v) is 11.0. The number of rotatable bonds is 0. The molecule has 0 unspecified atom stereocenters. The van der Waals surface area contributed by atoms with E-state index in [1.165, 1.54) is 0 Å². The Bertz CT molecular complexity index is 1410. The van der Waals surface area contributed by atoms with Gasteiger partial charge in [0.05, 0.1) is 33.2 Å². The quantitative estimate of drug-likeness (QED) is 0.182. The van der Waals surface area contributed by atoms with E-state index < -0.39 is 0 Å². The first kappa shape index (κ1) is 24.4. The number of hydrogen-bond donors (Lipinski definition) is 0. The van der Waals surface area contributed by atoms with Gasteiger partial charge in [-0.15, -0.1) is 0 Å². The summed E-state index contributed by atoms with van der Waals surface area (Å²) in [5.74, 6) is 1.34. The summed E-state index contributed by atoms with van der Waals surface area (Å²) < 4.78 is 45.7. The minimum absolute atomic E-state index is 0.277. The van der Waals surface area contributed by atoms with Crippen molar-refractivity contribution in [2.24, 2.45) is 0 Å². The van der Waals surface area contributed by atoms with Crippen molar-refractivity contribution in [2.75, 3.05) is 13.2 Å². The molecule has 2 aliphatic rings. The Hall–Kier alpha value is -1.26. The summed E-state index contributed by atoms with van der Waals surface area (Å²) in [6, 6.07) is 6.99. The molecule has 0 atom stereocenters. The average molecular weight is 818 g/mol. The van der Waals surface area contributed by atoms with E-state index in [9.17, 15) is 8.78 Å². The molecule has 2 aromatic heterocycles. The number of halogens is 6. The lowest BCUT2D eigenvalue weighted by Gasteiger charge is -2.08. The van der Waals surface area contributed by atoms with Crippen LogP contribution < -0.4 is 9.47 Å². The summed E-state index contributed by atoms with van der Waals surface area (Å²) in [5.41, 5.74) is 1.40. The molecule has 6 rings (SSSR count). The highest BCUT2D eigenvalue weighted by Gasteiger charge is 2.25. The summed E-state index contributed by atoms with van der Waals surface area (Å²) in [7, 11) is 0. The summed E-state index contributed by atoms with van der Waals surface area (Å²) in [6.07, 6.45) is 3.58. The number of aromatic nitrogens is 4. The molecule has 0 amide bonds. The maximum Gasteiger partial charge on any atom is 0.179 e. The monoisotopic (exact) mass is 816 g/mol. The molecule has 176 valence electrons. The van der Waals surface area contributed by atoms with E-state index in [4.69, 9.17) is 9.47 Å². The lowest BCUT2D eigenvalue weighted by molar-refractivity contribution is 0.291. The van der Waals surface area contributed by atoms with E-state index in [0.29, 0.717) is 46.4 Å². The molecule has 2 aliphatic heterocycles. The third-order valence-corrected chi connectivity index (χ3v) is 9.41. The third-order valence-electron chi connectivity index (χ3n) is 5.30. The first-order valence-corrected chi connectivity index (χ1v) is 13.8. The van der Waals surface area contributed by atoms with Gasteiger partial charge in [0, 0.05) is 12.4 Å². The van der Waals surface area contributed by atoms with E-state index in [-0.39, 0.29) is 23.1 Å². The molecule has 0 spiro atoms. The van der Waals surface area contributed by atoms with Gasteiger partial charge >= 0.3 is 0 Å². The zero-order chi connectivity index (χ0) is 24.0. The zero-order valence-corrected chi connectivity index (χ0v) is 24.7. The smallest absolute Gasteiger partial charge is 0.179 e. The van der Waals surface area contributed by atoms with Gasteiger partial charge in [0.1, 0.15) is 32.3 Å². The van der Waals surface area contributed by atoms with E-state index in [2.05, 4.69) is 91.6 Å². The lowest BCUT2D eigenvalue weighted by Crippen LogP contribution is -2.07. The van der Waals surface area contributed by atoms with Gasteiger partial charge < -0.3 is 18.6 Å². The molecule has 4 aromatic rings. The Labute approximate surface area is 237 Å². The van der Waals surface area contributed by atoms with Gasteiger partial charge in [0.15, 0.2) is 23.1 Å². The number of nitrogens with zero attached hydrogens (tertiary/aromatic N) is 4. The summed E-state index contributed by atoms with van der Waals surface area (Å²) in [6.45, 7) is 2.25. The van der Waals surface area contributed by atoms with Gasteiger partial charge in [-0.2, -0.15) is 0 Å². The van der Waals surface area contributed by atoms with Crippen molar-refractivity contribution in [1.82, 2.24) is 19.1 Å². The molecule has 0 saturated heterocycles. The number of imidazole rings is 2. The second-order valence-electron chi connectivity index (χ2n) is 7.29. The van der Waals surface area contributed by atoms with Gasteiger partial charge in [-0.05, 0) is 101 Å². The highest BCUT2D eigenvalue weighted by Crippen LogP contribution is 2.39. The predicted molar refractivity (Wildman–Crippen MR) is 147 cm³/mol.